The van der Waals surface area contributed by atoms with Crippen molar-refractivity contribution in [3.63, 3.8) is 0 Å². The van der Waals surface area contributed by atoms with E-state index in [1.54, 1.807) is 9.80 Å². The number of alkyl halides is 3. The zero-order chi connectivity index (χ0) is 23.7. The van der Waals surface area contributed by atoms with Crippen molar-refractivity contribution in [1.29, 1.82) is 5.26 Å². The molecule has 1 aromatic rings. The molecule has 0 radical (unpaired) electrons. The molecule has 6 unspecified atom stereocenters. The molecule has 33 heavy (non-hydrogen) atoms. The molecule has 10 heteroatoms. The SMILES string of the molecule is CC(c1ccc(C(F)(F)F)cc1)N1C(=O)C2CC1CN2CC(N)C(=O)N1C(C#N)C[C@@H]2CC21. The van der Waals surface area contributed by atoms with Gasteiger partial charge in [0.15, 0.2) is 0 Å². The maximum Gasteiger partial charge on any atom is 0.416 e. The molecule has 0 spiro atoms. The molecule has 176 valence electrons. The lowest BCUT2D eigenvalue weighted by molar-refractivity contribution is -0.141. The Hall–Kier alpha value is -2.64. The molecule has 0 aromatic heterocycles. The molecular weight excluding hydrogens is 435 g/mol. The van der Waals surface area contributed by atoms with Crippen LogP contribution in [0.3, 0.4) is 0 Å². The van der Waals surface area contributed by atoms with Crippen LogP contribution in [0.4, 0.5) is 13.2 Å². The predicted molar refractivity (Wildman–Crippen MR) is 111 cm³/mol. The lowest BCUT2D eigenvalue weighted by atomic mass is 10.0. The molecule has 1 aromatic carbocycles. The number of piperidine rings is 1. The van der Waals surface area contributed by atoms with E-state index in [2.05, 4.69) is 6.07 Å². The highest BCUT2D eigenvalue weighted by molar-refractivity contribution is 5.87. The molecule has 2 N–H and O–H groups in total. The monoisotopic (exact) mass is 461 g/mol. The molecular formula is C23H26F3N5O2. The Kier molecular flexibility index (Phi) is 5.18. The number of benzene rings is 1. The van der Waals surface area contributed by atoms with Crippen LogP contribution in [0.15, 0.2) is 24.3 Å². The summed E-state index contributed by atoms with van der Waals surface area (Å²) >= 11 is 0. The third-order valence-electron chi connectivity index (χ3n) is 7.71. The quantitative estimate of drug-likeness (QED) is 0.723. The Labute approximate surface area is 189 Å². The first-order valence-corrected chi connectivity index (χ1v) is 11.3. The van der Waals surface area contributed by atoms with Gasteiger partial charge in [0.25, 0.3) is 0 Å². The number of nitriles is 1. The van der Waals surface area contributed by atoms with E-state index in [0.29, 0.717) is 30.9 Å². The van der Waals surface area contributed by atoms with Crippen molar-refractivity contribution in [3.05, 3.63) is 35.4 Å². The topological polar surface area (TPSA) is 93.7 Å². The summed E-state index contributed by atoms with van der Waals surface area (Å²) in [7, 11) is 0. The van der Waals surface area contributed by atoms with E-state index in [-0.39, 0.29) is 42.5 Å². The fourth-order valence-electron chi connectivity index (χ4n) is 5.92. The second-order valence-electron chi connectivity index (χ2n) is 9.70. The molecule has 1 saturated carbocycles. The van der Waals surface area contributed by atoms with E-state index in [1.165, 1.54) is 12.1 Å². The van der Waals surface area contributed by atoms with Gasteiger partial charge in [0.2, 0.25) is 11.8 Å². The number of rotatable bonds is 5. The fraction of sp³-hybridized carbons (Fsp3) is 0.609. The summed E-state index contributed by atoms with van der Waals surface area (Å²) in [6.45, 7) is 2.64. The van der Waals surface area contributed by atoms with Crippen molar-refractivity contribution < 1.29 is 22.8 Å². The number of carbonyl (C=O) groups is 2. The highest BCUT2D eigenvalue weighted by Gasteiger charge is 2.56. The van der Waals surface area contributed by atoms with Gasteiger partial charge in [-0.3, -0.25) is 14.5 Å². The van der Waals surface area contributed by atoms with Crippen LogP contribution >= 0.6 is 0 Å². The third-order valence-corrected chi connectivity index (χ3v) is 7.71. The number of hydrogen-bond donors (Lipinski definition) is 1. The Bertz CT molecular complexity index is 1010. The first kappa shape index (κ1) is 22.2. The summed E-state index contributed by atoms with van der Waals surface area (Å²) < 4.78 is 38.6. The van der Waals surface area contributed by atoms with Crippen molar-refractivity contribution >= 4 is 11.8 Å². The van der Waals surface area contributed by atoms with Crippen LogP contribution < -0.4 is 5.73 Å². The predicted octanol–water partition coefficient (Wildman–Crippen LogP) is 1.89. The molecule has 3 saturated heterocycles. The van der Waals surface area contributed by atoms with Gasteiger partial charge < -0.3 is 15.5 Å². The van der Waals surface area contributed by atoms with Crippen molar-refractivity contribution in [3.8, 4) is 6.07 Å². The Morgan fingerprint density at radius 1 is 1.24 bits per heavy atom. The molecule has 1 aliphatic carbocycles. The smallest absolute Gasteiger partial charge is 0.330 e. The first-order valence-electron chi connectivity index (χ1n) is 11.3. The molecule has 5 rings (SSSR count). The highest BCUT2D eigenvalue weighted by atomic mass is 19.4. The summed E-state index contributed by atoms with van der Waals surface area (Å²) in [4.78, 5) is 31.4. The summed E-state index contributed by atoms with van der Waals surface area (Å²) in [5, 5.41) is 9.34. The summed E-state index contributed by atoms with van der Waals surface area (Å²) in [6, 6.07) is 5.23. The standard InChI is InChI=1S/C23H26F3N5O2/c1-12(13-2-4-15(5-3-13)23(24,25)26)30-17-8-20(22(30)33)29(10-17)11-18(28)21(32)31-16(9-27)6-14-7-19(14)31/h2-5,12,14,16-20H,6-8,10-11,28H2,1H3/t12?,14-,16?,17?,18?,19?,20?/m1/s1. The molecule has 2 amide bonds. The third kappa shape index (κ3) is 3.67. The molecule has 2 bridgehead atoms. The largest absolute Gasteiger partial charge is 0.416 e. The van der Waals surface area contributed by atoms with Gasteiger partial charge in [0.1, 0.15) is 6.04 Å². The summed E-state index contributed by atoms with van der Waals surface area (Å²) in [6.07, 6.45) is -2.15. The van der Waals surface area contributed by atoms with Crippen LogP contribution in [-0.2, 0) is 15.8 Å². The van der Waals surface area contributed by atoms with Crippen LogP contribution in [0.5, 0.6) is 0 Å². The van der Waals surface area contributed by atoms with Gasteiger partial charge in [-0.15, -0.1) is 0 Å². The van der Waals surface area contributed by atoms with Gasteiger partial charge >= 0.3 is 6.18 Å². The molecule has 4 aliphatic rings. The average Bonchev–Trinajstić information content (AvgIpc) is 3.11. The van der Waals surface area contributed by atoms with Gasteiger partial charge in [0, 0.05) is 25.2 Å². The number of hydrogen-bond acceptors (Lipinski definition) is 5. The number of fused-ring (bicyclic) bond motifs is 3. The van der Waals surface area contributed by atoms with Gasteiger partial charge in [-0.1, -0.05) is 12.1 Å². The number of amides is 2. The Morgan fingerprint density at radius 2 is 1.94 bits per heavy atom. The van der Waals surface area contributed by atoms with Crippen molar-refractivity contribution in [2.45, 2.75) is 68.6 Å². The van der Waals surface area contributed by atoms with Crippen molar-refractivity contribution in [2.75, 3.05) is 13.1 Å². The second-order valence-corrected chi connectivity index (χ2v) is 9.70. The molecule has 7 atom stereocenters. The number of carbonyl (C=O) groups excluding carboxylic acids is 2. The molecule has 7 nitrogen and oxygen atoms in total. The highest BCUT2D eigenvalue weighted by Crippen LogP contribution is 2.48. The lowest BCUT2D eigenvalue weighted by Gasteiger charge is -2.38. The maximum absolute atomic E-state index is 13.1. The second kappa shape index (κ2) is 7.71. The Balaban J connectivity index is 1.22. The van der Waals surface area contributed by atoms with Crippen molar-refractivity contribution in [1.82, 2.24) is 14.7 Å². The zero-order valence-corrected chi connectivity index (χ0v) is 18.2. The minimum atomic E-state index is -4.40. The van der Waals surface area contributed by atoms with Gasteiger partial charge in [-0.25, -0.2) is 0 Å². The minimum absolute atomic E-state index is 0.0754. The molecule has 3 heterocycles. The van der Waals surface area contributed by atoms with Crippen LogP contribution in [0.25, 0.3) is 0 Å². The zero-order valence-electron chi connectivity index (χ0n) is 18.2. The van der Waals surface area contributed by atoms with E-state index in [9.17, 15) is 28.0 Å². The average molecular weight is 461 g/mol. The lowest BCUT2D eigenvalue weighted by Crippen LogP contribution is -2.57. The van der Waals surface area contributed by atoms with Crippen LogP contribution in [0.2, 0.25) is 0 Å². The van der Waals surface area contributed by atoms with Gasteiger partial charge in [0.05, 0.1) is 29.8 Å². The number of nitrogens with two attached hydrogens (primary N) is 1. The van der Waals surface area contributed by atoms with Crippen LogP contribution in [0.1, 0.15) is 43.4 Å². The van der Waals surface area contributed by atoms with E-state index < -0.39 is 23.8 Å². The normalized spacial score (nSPS) is 32.6. The van der Waals surface area contributed by atoms with Crippen molar-refractivity contribution in [2.24, 2.45) is 11.7 Å². The van der Waals surface area contributed by atoms with Crippen LogP contribution in [0, 0.1) is 17.2 Å². The maximum atomic E-state index is 13.1. The summed E-state index contributed by atoms with van der Waals surface area (Å²) in [5.74, 6) is 0.101. The van der Waals surface area contributed by atoms with E-state index in [0.717, 1.165) is 18.6 Å². The number of piperazine rings is 1. The number of nitrogens with zero attached hydrogens (tertiary/aromatic N) is 4. The summed E-state index contributed by atoms with van der Waals surface area (Å²) in [5.41, 5.74) is 6.16. The van der Waals surface area contributed by atoms with Crippen LogP contribution in [-0.4, -0.2) is 69.8 Å². The van der Waals surface area contributed by atoms with E-state index >= 15 is 0 Å². The van der Waals surface area contributed by atoms with Gasteiger partial charge in [-0.05, 0) is 49.8 Å². The van der Waals surface area contributed by atoms with E-state index in [1.807, 2.05) is 11.8 Å². The minimum Gasteiger partial charge on any atom is -0.330 e. The molecule has 4 fully saturated rings. The van der Waals surface area contributed by atoms with Gasteiger partial charge in [-0.2, -0.15) is 18.4 Å². The van der Waals surface area contributed by atoms with E-state index in [4.69, 9.17) is 5.73 Å². The number of halogens is 3. The molecule has 3 aliphatic heterocycles. The fourth-order valence-corrected chi connectivity index (χ4v) is 5.92. The Morgan fingerprint density at radius 3 is 2.55 bits per heavy atom. The first-order chi connectivity index (χ1) is 15.6. The number of likely N-dealkylation sites (tertiary alicyclic amines) is 3.